The first-order valence-corrected chi connectivity index (χ1v) is 5.83. The van der Waals surface area contributed by atoms with Crippen LogP contribution in [0.2, 0.25) is 0 Å². The molecule has 0 radical (unpaired) electrons. The van der Waals surface area contributed by atoms with Crippen LogP contribution in [0.15, 0.2) is 0 Å². The quantitative estimate of drug-likeness (QED) is 0.759. The Morgan fingerprint density at radius 3 is 2.53 bits per heavy atom. The Kier molecular flexibility index (Phi) is 4.26. The Morgan fingerprint density at radius 1 is 1.41 bits per heavy atom. The van der Waals surface area contributed by atoms with Gasteiger partial charge in [0, 0.05) is 18.9 Å². The van der Waals surface area contributed by atoms with Crippen LogP contribution >= 0.6 is 0 Å². The number of hydrogen-bond acceptors (Lipinski definition) is 4. The van der Waals surface area contributed by atoms with Crippen molar-refractivity contribution < 1.29 is 19.1 Å². The molecule has 0 aromatic carbocycles. The zero-order valence-electron chi connectivity index (χ0n) is 10.5. The normalized spacial score (nSPS) is 20.5. The van der Waals surface area contributed by atoms with Gasteiger partial charge in [-0.15, -0.1) is 0 Å². The number of carbonyl (C=O) groups excluding carboxylic acids is 3. The van der Waals surface area contributed by atoms with E-state index in [1.807, 2.05) is 0 Å². The highest BCUT2D eigenvalue weighted by Crippen LogP contribution is 2.21. The Bertz CT molecular complexity index is 330. The molecule has 1 amide bonds. The summed E-state index contributed by atoms with van der Waals surface area (Å²) in [6.07, 6.45) is 0.960. The third kappa shape index (κ3) is 4.54. The van der Waals surface area contributed by atoms with Crippen LogP contribution in [0.25, 0.3) is 0 Å². The summed E-state index contributed by atoms with van der Waals surface area (Å²) in [7, 11) is 0. The molecular weight excluding hydrogens is 222 g/mol. The molecule has 0 aromatic heterocycles. The summed E-state index contributed by atoms with van der Waals surface area (Å²) in [4.78, 5) is 33.6. The third-order valence-electron chi connectivity index (χ3n) is 2.53. The largest absolute Gasteiger partial charge is 0.444 e. The monoisotopic (exact) mass is 241 g/mol. The van der Waals surface area contributed by atoms with Gasteiger partial charge in [-0.3, -0.25) is 9.59 Å². The number of amides is 1. The van der Waals surface area contributed by atoms with Gasteiger partial charge >= 0.3 is 6.09 Å². The van der Waals surface area contributed by atoms with E-state index in [9.17, 15) is 14.4 Å². The number of Topliss-reactive ketones (excluding diaryl/α,β-unsaturated/α-hetero) is 2. The summed E-state index contributed by atoms with van der Waals surface area (Å²) < 4.78 is 5.05. The minimum atomic E-state index is -0.525. The highest BCUT2D eigenvalue weighted by Gasteiger charge is 2.31. The lowest BCUT2D eigenvalue weighted by Gasteiger charge is -2.19. The van der Waals surface area contributed by atoms with Gasteiger partial charge in [-0.05, 0) is 33.6 Å². The molecule has 1 N–H and O–H groups in total. The topological polar surface area (TPSA) is 72.5 Å². The van der Waals surface area contributed by atoms with E-state index in [1.165, 1.54) is 0 Å². The summed E-state index contributed by atoms with van der Waals surface area (Å²) in [6, 6.07) is 0. The zero-order chi connectivity index (χ0) is 13.1. The van der Waals surface area contributed by atoms with E-state index in [1.54, 1.807) is 20.8 Å². The van der Waals surface area contributed by atoms with Gasteiger partial charge in [-0.1, -0.05) is 0 Å². The minimum absolute atomic E-state index is 0.225. The Morgan fingerprint density at radius 2 is 2.06 bits per heavy atom. The second-order valence-electron chi connectivity index (χ2n) is 5.24. The number of ether oxygens (including phenoxy) is 1. The Balaban J connectivity index is 2.22. The molecule has 0 aliphatic heterocycles. The highest BCUT2D eigenvalue weighted by atomic mass is 16.6. The maximum Gasteiger partial charge on any atom is 0.407 e. The first kappa shape index (κ1) is 13.7. The van der Waals surface area contributed by atoms with Crippen LogP contribution in [-0.2, 0) is 14.3 Å². The van der Waals surface area contributed by atoms with Gasteiger partial charge < -0.3 is 10.1 Å². The molecule has 0 saturated heterocycles. The summed E-state index contributed by atoms with van der Waals surface area (Å²) >= 11 is 0. The first-order chi connectivity index (χ1) is 7.79. The molecule has 17 heavy (non-hydrogen) atoms. The smallest absolute Gasteiger partial charge is 0.407 e. The Hall–Kier alpha value is -1.39. The fourth-order valence-corrected chi connectivity index (χ4v) is 1.73. The van der Waals surface area contributed by atoms with E-state index in [0.717, 1.165) is 0 Å². The molecule has 5 heteroatoms. The van der Waals surface area contributed by atoms with Crippen LogP contribution in [0.5, 0.6) is 0 Å². The average Bonchev–Trinajstić information content (AvgIpc) is 2.46. The molecule has 1 unspecified atom stereocenters. The van der Waals surface area contributed by atoms with Gasteiger partial charge in [-0.2, -0.15) is 0 Å². The van der Waals surface area contributed by atoms with Gasteiger partial charge in [0.1, 0.15) is 5.60 Å². The van der Waals surface area contributed by atoms with Crippen LogP contribution < -0.4 is 5.32 Å². The number of alkyl carbamates (subject to hydrolysis) is 1. The van der Waals surface area contributed by atoms with Crippen LogP contribution in [-0.4, -0.2) is 29.8 Å². The summed E-state index contributed by atoms with van der Waals surface area (Å²) in [5.74, 6) is -0.805. The lowest BCUT2D eigenvalue weighted by molar-refractivity contribution is -0.135. The second kappa shape index (κ2) is 5.29. The van der Waals surface area contributed by atoms with Crippen LogP contribution in [0, 0.1) is 5.92 Å². The first-order valence-electron chi connectivity index (χ1n) is 5.83. The maximum atomic E-state index is 11.3. The molecule has 1 saturated carbocycles. The van der Waals surface area contributed by atoms with Crippen molar-refractivity contribution in [2.45, 2.75) is 45.6 Å². The van der Waals surface area contributed by atoms with Crippen LogP contribution in [0.3, 0.4) is 0 Å². The summed E-state index contributed by atoms with van der Waals surface area (Å²) in [5, 5.41) is 2.58. The highest BCUT2D eigenvalue weighted by molar-refractivity contribution is 6.39. The van der Waals surface area contributed by atoms with Crippen molar-refractivity contribution in [1.82, 2.24) is 5.32 Å². The molecule has 1 aliphatic rings. The lowest BCUT2D eigenvalue weighted by atomic mass is 10.0. The molecule has 96 valence electrons. The number of ketones is 2. The standard InChI is InChI=1S/C12H19NO4/c1-12(2,3)17-11(16)13-7-6-8-4-5-9(14)10(8)15/h8H,4-7H2,1-3H3,(H,13,16). The molecule has 0 heterocycles. The number of rotatable bonds is 3. The Labute approximate surface area is 101 Å². The van der Waals surface area contributed by atoms with E-state index in [2.05, 4.69) is 5.32 Å². The molecule has 0 bridgehead atoms. The third-order valence-corrected chi connectivity index (χ3v) is 2.53. The summed E-state index contributed by atoms with van der Waals surface area (Å²) in [6.45, 7) is 5.71. The van der Waals surface area contributed by atoms with Gasteiger partial charge in [0.2, 0.25) is 5.78 Å². The number of hydrogen-bond donors (Lipinski definition) is 1. The van der Waals surface area contributed by atoms with E-state index >= 15 is 0 Å². The van der Waals surface area contributed by atoms with Crippen molar-refractivity contribution in [1.29, 1.82) is 0 Å². The number of nitrogens with one attached hydrogen (secondary N) is 1. The molecule has 0 spiro atoms. The number of carbonyl (C=O) groups is 3. The fraction of sp³-hybridized carbons (Fsp3) is 0.750. The van der Waals surface area contributed by atoms with Crippen LogP contribution in [0.1, 0.15) is 40.0 Å². The van der Waals surface area contributed by atoms with E-state index in [4.69, 9.17) is 4.74 Å². The fourth-order valence-electron chi connectivity index (χ4n) is 1.73. The minimum Gasteiger partial charge on any atom is -0.444 e. The van der Waals surface area contributed by atoms with Crippen molar-refractivity contribution in [3.05, 3.63) is 0 Å². The maximum absolute atomic E-state index is 11.3. The van der Waals surface area contributed by atoms with Crippen molar-refractivity contribution >= 4 is 17.7 Å². The van der Waals surface area contributed by atoms with Gasteiger partial charge in [0.25, 0.3) is 0 Å². The molecule has 1 fully saturated rings. The lowest BCUT2D eigenvalue weighted by Crippen LogP contribution is -2.34. The van der Waals surface area contributed by atoms with Gasteiger partial charge in [0.05, 0.1) is 0 Å². The molecule has 0 aromatic rings. The molecule has 5 nitrogen and oxygen atoms in total. The SMILES string of the molecule is CC(C)(C)OC(=O)NCCC1CCC(=O)C1=O. The van der Waals surface area contributed by atoms with Crippen molar-refractivity contribution in [2.75, 3.05) is 6.54 Å². The second-order valence-corrected chi connectivity index (χ2v) is 5.24. The van der Waals surface area contributed by atoms with E-state index in [-0.39, 0.29) is 17.5 Å². The molecular formula is C12H19NO4. The zero-order valence-corrected chi connectivity index (χ0v) is 10.5. The van der Waals surface area contributed by atoms with Crippen molar-refractivity contribution in [2.24, 2.45) is 5.92 Å². The molecule has 1 rings (SSSR count). The molecule has 1 atom stereocenters. The van der Waals surface area contributed by atoms with Crippen molar-refractivity contribution in [3.63, 3.8) is 0 Å². The van der Waals surface area contributed by atoms with Crippen LogP contribution in [0.4, 0.5) is 4.79 Å². The van der Waals surface area contributed by atoms with E-state index < -0.39 is 11.7 Å². The molecule has 1 aliphatic carbocycles. The predicted molar refractivity (Wildman–Crippen MR) is 61.6 cm³/mol. The van der Waals surface area contributed by atoms with Gasteiger partial charge in [-0.25, -0.2) is 4.79 Å². The van der Waals surface area contributed by atoms with Crippen molar-refractivity contribution in [3.8, 4) is 0 Å². The van der Waals surface area contributed by atoms with Gasteiger partial charge in [0.15, 0.2) is 5.78 Å². The summed E-state index contributed by atoms with van der Waals surface area (Å²) in [5.41, 5.74) is -0.525. The van der Waals surface area contributed by atoms with E-state index in [0.29, 0.717) is 25.8 Å². The predicted octanol–water partition coefficient (Wildman–Crippen LogP) is 1.45. The average molecular weight is 241 g/mol.